The molecular formula is C15H20N2O2. The number of aryl methyl sites for hydroxylation is 2. The van der Waals surface area contributed by atoms with E-state index in [-0.39, 0.29) is 11.8 Å². The predicted octanol–water partition coefficient (Wildman–Crippen LogP) is 1.65. The van der Waals surface area contributed by atoms with Gasteiger partial charge in [-0.05, 0) is 39.8 Å². The van der Waals surface area contributed by atoms with Crippen LogP contribution in [0.1, 0.15) is 35.3 Å². The Morgan fingerprint density at radius 2 is 1.79 bits per heavy atom. The van der Waals surface area contributed by atoms with Crippen LogP contribution in [0.5, 0.6) is 0 Å². The summed E-state index contributed by atoms with van der Waals surface area (Å²) in [6.45, 7) is 8.56. The van der Waals surface area contributed by atoms with Crippen molar-refractivity contribution >= 4 is 11.8 Å². The molecule has 0 radical (unpaired) electrons. The molecule has 0 saturated carbocycles. The Morgan fingerprint density at radius 3 is 2.37 bits per heavy atom. The van der Waals surface area contributed by atoms with Crippen molar-refractivity contribution in [1.29, 1.82) is 0 Å². The van der Waals surface area contributed by atoms with Crippen LogP contribution in [0.3, 0.4) is 0 Å². The maximum Gasteiger partial charge on any atom is 0.254 e. The maximum absolute atomic E-state index is 12.6. The van der Waals surface area contributed by atoms with Crippen molar-refractivity contribution in [1.82, 2.24) is 10.2 Å². The summed E-state index contributed by atoms with van der Waals surface area (Å²) in [6.07, 6.45) is 0. The minimum atomic E-state index is -0.799. The molecule has 0 spiro atoms. The van der Waals surface area contributed by atoms with Gasteiger partial charge in [0, 0.05) is 18.7 Å². The molecule has 0 aliphatic carbocycles. The molecule has 4 heteroatoms. The number of benzene rings is 1. The number of carbonyl (C=O) groups excluding carboxylic acids is 2. The van der Waals surface area contributed by atoms with Gasteiger partial charge < -0.3 is 10.2 Å². The van der Waals surface area contributed by atoms with E-state index in [1.165, 1.54) is 0 Å². The van der Waals surface area contributed by atoms with Gasteiger partial charge in [-0.1, -0.05) is 17.2 Å². The molecule has 1 heterocycles. The van der Waals surface area contributed by atoms with Gasteiger partial charge in [-0.3, -0.25) is 9.59 Å². The van der Waals surface area contributed by atoms with Crippen LogP contribution in [0.2, 0.25) is 0 Å². The van der Waals surface area contributed by atoms with Crippen LogP contribution >= 0.6 is 0 Å². The van der Waals surface area contributed by atoms with Crippen LogP contribution in [-0.2, 0) is 4.79 Å². The van der Waals surface area contributed by atoms with Gasteiger partial charge in [0.05, 0.1) is 0 Å². The van der Waals surface area contributed by atoms with Crippen LogP contribution in [0.25, 0.3) is 0 Å². The Balaban J connectivity index is 2.35. The SMILES string of the molecule is Cc1cc(C)cc(C(=O)N2CCNC(=O)C2(C)C)c1. The molecule has 4 nitrogen and oxygen atoms in total. The fraction of sp³-hybridized carbons (Fsp3) is 0.467. The molecule has 0 bridgehead atoms. The van der Waals surface area contributed by atoms with Crippen molar-refractivity contribution in [3.05, 3.63) is 34.9 Å². The predicted molar refractivity (Wildman–Crippen MR) is 74.0 cm³/mol. The normalized spacial score (nSPS) is 18.1. The number of nitrogens with one attached hydrogen (secondary N) is 1. The van der Waals surface area contributed by atoms with Gasteiger partial charge in [-0.2, -0.15) is 0 Å². The highest BCUT2D eigenvalue weighted by Gasteiger charge is 2.40. The Hall–Kier alpha value is -1.84. The Morgan fingerprint density at radius 1 is 1.21 bits per heavy atom. The summed E-state index contributed by atoms with van der Waals surface area (Å²) in [5, 5.41) is 2.80. The largest absolute Gasteiger partial charge is 0.352 e. The van der Waals surface area contributed by atoms with Gasteiger partial charge in [0.1, 0.15) is 5.54 Å². The molecule has 2 amide bonds. The van der Waals surface area contributed by atoms with E-state index < -0.39 is 5.54 Å². The molecular weight excluding hydrogens is 240 g/mol. The first kappa shape index (κ1) is 13.6. The third-order valence-corrected chi connectivity index (χ3v) is 3.57. The lowest BCUT2D eigenvalue weighted by molar-refractivity contribution is -0.133. The van der Waals surface area contributed by atoms with Crippen LogP contribution in [-0.4, -0.2) is 35.3 Å². The topological polar surface area (TPSA) is 49.4 Å². The summed E-state index contributed by atoms with van der Waals surface area (Å²) < 4.78 is 0. The number of carbonyl (C=O) groups is 2. The fourth-order valence-corrected chi connectivity index (χ4v) is 2.51. The van der Waals surface area contributed by atoms with Gasteiger partial charge in [-0.25, -0.2) is 0 Å². The standard InChI is InChI=1S/C15H20N2O2/c1-10-7-11(2)9-12(8-10)13(18)17-6-5-16-14(19)15(17,3)4/h7-9H,5-6H2,1-4H3,(H,16,19). The second-order valence-corrected chi connectivity index (χ2v) is 5.65. The molecule has 1 aromatic rings. The lowest BCUT2D eigenvalue weighted by Crippen LogP contribution is -2.63. The van der Waals surface area contributed by atoms with Crippen LogP contribution in [0.4, 0.5) is 0 Å². The molecule has 0 aromatic heterocycles. The second kappa shape index (κ2) is 4.68. The smallest absolute Gasteiger partial charge is 0.254 e. The van der Waals surface area contributed by atoms with E-state index in [4.69, 9.17) is 0 Å². The third kappa shape index (κ3) is 2.48. The lowest BCUT2D eigenvalue weighted by Gasteiger charge is -2.41. The number of hydrogen-bond acceptors (Lipinski definition) is 2. The number of rotatable bonds is 1. The van der Waals surface area contributed by atoms with Gasteiger partial charge in [0.25, 0.3) is 5.91 Å². The van der Waals surface area contributed by atoms with Crippen molar-refractivity contribution in [2.24, 2.45) is 0 Å². The van der Waals surface area contributed by atoms with Crippen molar-refractivity contribution in [3.8, 4) is 0 Å². The zero-order valence-corrected chi connectivity index (χ0v) is 11.9. The van der Waals surface area contributed by atoms with Crippen LogP contribution in [0, 0.1) is 13.8 Å². The number of nitrogens with zero attached hydrogens (tertiary/aromatic N) is 1. The molecule has 1 aromatic carbocycles. The highest BCUT2D eigenvalue weighted by atomic mass is 16.2. The average molecular weight is 260 g/mol. The molecule has 0 atom stereocenters. The van der Waals surface area contributed by atoms with Crippen molar-refractivity contribution < 1.29 is 9.59 Å². The van der Waals surface area contributed by atoms with E-state index in [0.717, 1.165) is 11.1 Å². The van der Waals surface area contributed by atoms with E-state index in [2.05, 4.69) is 5.32 Å². The zero-order chi connectivity index (χ0) is 14.2. The summed E-state index contributed by atoms with van der Waals surface area (Å²) >= 11 is 0. The number of amides is 2. The van der Waals surface area contributed by atoms with Crippen molar-refractivity contribution in [3.63, 3.8) is 0 Å². The van der Waals surface area contributed by atoms with E-state index in [1.54, 1.807) is 18.7 Å². The maximum atomic E-state index is 12.6. The Kier molecular flexibility index (Phi) is 3.35. The van der Waals surface area contributed by atoms with Crippen LogP contribution < -0.4 is 5.32 Å². The first-order valence-electron chi connectivity index (χ1n) is 6.51. The Bertz CT molecular complexity index is 515. The molecule has 102 valence electrons. The molecule has 1 aliphatic rings. The second-order valence-electron chi connectivity index (χ2n) is 5.65. The van der Waals surface area contributed by atoms with E-state index >= 15 is 0 Å². The summed E-state index contributed by atoms with van der Waals surface area (Å²) in [4.78, 5) is 26.2. The van der Waals surface area contributed by atoms with Gasteiger partial charge in [-0.15, -0.1) is 0 Å². The lowest BCUT2D eigenvalue weighted by atomic mass is 9.97. The molecule has 2 rings (SSSR count). The molecule has 1 aliphatic heterocycles. The fourth-order valence-electron chi connectivity index (χ4n) is 2.51. The minimum absolute atomic E-state index is 0.0772. The van der Waals surface area contributed by atoms with Gasteiger partial charge in [0.15, 0.2) is 0 Å². The monoisotopic (exact) mass is 260 g/mol. The number of hydrogen-bond donors (Lipinski definition) is 1. The molecule has 1 fully saturated rings. The van der Waals surface area contributed by atoms with Gasteiger partial charge in [0.2, 0.25) is 5.91 Å². The van der Waals surface area contributed by atoms with Crippen molar-refractivity contribution in [2.45, 2.75) is 33.2 Å². The van der Waals surface area contributed by atoms with Crippen molar-refractivity contribution in [2.75, 3.05) is 13.1 Å². The summed E-state index contributed by atoms with van der Waals surface area (Å²) in [5.74, 6) is -0.178. The minimum Gasteiger partial charge on any atom is -0.352 e. The van der Waals surface area contributed by atoms with Crippen LogP contribution in [0.15, 0.2) is 18.2 Å². The van der Waals surface area contributed by atoms with E-state index in [0.29, 0.717) is 18.7 Å². The molecule has 1 saturated heterocycles. The highest BCUT2D eigenvalue weighted by molar-refractivity contribution is 5.99. The molecule has 19 heavy (non-hydrogen) atoms. The summed E-state index contributed by atoms with van der Waals surface area (Å²) in [6, 6.07) is 5.78. The molecule has 0 unspecified atom stereocenters. The molecule has 1 N–H and O–H groups in total. The average Bonchev–Trinajstić information content (AvgIpc) is 2.30. The summed E-state index contributed by atoms with van der Waals surface area (Å²) in [7, 11) is 0. The summed E-state index contributed by atoms with van der Waals surface area (Å²) in [5.41, 5.74) is 1.97. The highest BCUT2D eigenvalue weighted by Crippen LogP contribution is 2.21. The zero-order valence-electron chi connectivity index (χ0n) is 11.9. The quantitative estimate of drug-likeness (QED) is 0.834. The Labute approximate surface area is 113 Å². The third-order valence-electron chi connectivity index (χ3n) is 3.57. The number of piperazine rings is 1. The first-order chi connectivity index (χ1) is 8.82. The van der Waals surface area contributed by atoms with E-state index in [1.807, 2.05) is 32.0 Å². The van der Waals surface area contributed by atoms with Gasteiger partial charge >= 0.3 is 0 Å². The van der Waals surface area contributed by atoms with E-state index in [9.17, 15) is 9.59 Å². The first-order valence-corrected chi connectivity index (χ1v) is 6.51.